The first-order valence-electron chi connectivity index (χ1n) is 5.03. The van der Waals surface area contributed by atoms with Gasteiger partial charge >= 0.3 is 0 Å². The van der Waals surface area contributed by atoms with Crippen LogP contribution in [0, 0.1) is 0 Å². The third kappa shape index (κ3) is 6.04. The largest absolute Gasteiger partial charge is 0.390 e. The maximum absolute atomic E-state index is 8.55. The van der Waals surface area contributed by atoms with Gasteiger partial charge in [-0.25, -0.2) is 0 Å². The summed E-state index contributed by atoms with van der Waals surface area (Å²) >= 11 is 9.83. The molecule has 2 rings (SSSR count). The van der Waals surface area contributed by atoms with Crippen molar-refractivity contribution in [1.29, 1.82) is 0 Å². The van der Waals surface area contributed by atoms with Gasteiger partial charge in [-0.3, -0.25) is 9.97 Å². The molecule has 2 aromatic heterocycles. The van der Waals surface area contributed by atoms with Crippen LogP contribution < -0.4 is 0 Å². The fraction of sp³-hybridized carbons (Fsp3) is 0.167. The van der Waals surface area contributed by atoms with E-state index in [0.29, 0.717) is 5.69 Å². The van der Waals surface area contributed by atoms with Crippen LogP contribution in [0.2, 0.25) is 0 Å². The van der Waals surface area contributed by atoms with Gasteiger partial charge in [0.15, 0.2) is 0 Å². The molecule has 0 saturated heterocycles. The van der Waals surface area contributed by atoms with Crippen molar-refractivity contribution >= 4 is 47.8 Å². The lowest BCUT2D eigenvalue weighted by Crippen LogP contribution is -1.85. The zero-order valence-corrected chi connectivity index (χ0v) is 14.1. The molecule has 3 nitrogen and oxygen atoms in total. The highest BCUT2D eigenvalue weighted by atomic mass is 79.9. The van der Waals surface area contributed by atoms with Crippen LogP contribution in [0.1, 0.15) is 11.4 Å². The number of aromatic nitrogens is 2. The third-order valence-electron chi connectivity index (χ3n) is 1.88. The molecule has 2 aromatic rings. The lowest BCUT2D eigenvalue weighted by molar-refractivity contribution is 0.277. The van der Waals surface area contributed by atoms with Gasteiger partial charge in [0, 0.05) is 26.7 Å². The average Bonchev–Trinajstić information content (AvgIpc) is 2.41. The number of nitrogens with zero attached hydrogens (tertiary/aromatic N) is 2. The Morgan fingerprint density at radius 1 is 0.889 bits per heavy atom. The number of halogens is 3. The minimum absolute atomic E-state index is 0.00722. The van der Waals surface area contributed by atoms with Crippen LogP contribution in [0.4, 0.5) is 0 Å². The lowest BCUT2D eigenvalue weighted by Gasteiger charge is -1.91. The lowest BCUT2D eigenvalue weighted by atomic mass is 10.4. The molecule has 0 aromatic carbocycles. The molecule has 0 unspecified atom stereocenters. The van der Waals surface area contributed by atoms with Gasteiger partial charge in [0.05, 0.1) is 18.0 Å². The van der Waals surface area contributed by atoms with Gasteiger partial charge in [-0.2, -0.15) is 0 Å². The number of aliphatic hydroxyl groups is 1. The zero-order valence-electron chi connectivity index (χ0n) is 9.35. The van der Waals surface area contributed by atoms with E-state index in [1.165, 1.54) is 0 Å². The monoisotopic (exact) mass is 436 g/mol. The first-order chi connectivity index (χ1) is 8.65. The molecule has 6 heteroatoms. The predicted molar refractivity (Wildman–Crippen MR) is 82.4 cm³/mol. The van der Waals surface area contributed by atoms with Gasteiger partial charge in [0.2, 0.25) is 0 Å². The minimum atomic E-state index is 0.00722. The summed E-state index contributed by atoms with van der Waals surface area (Å²) in [5.74, 6) is 0. The Kier molecular flexibility index (Phi) is 7.65. The summed E-state index contributed by atoms with van der Waals surface area (Å²) in [6, 6.07) is 7.56. The number of hydrogen-bond acceptors (Lipinski definition) is 3. The van der Waals surface area contributed by atoms with E-state index in [9.17, 15) is 0 Å². The number of pyridine rings is 2. The fourth-order valence-corrected chi connectivity index (χ4v) is 1.79. The van der Waals surface area contributed by atoms with Crippen LogP contribution in [0.5, 0.6) is 0 Å². The minimum Gasteiger partial charge on any atom is -0.390 e. The van der Waals surface area contributed by atoms with Crippen molar-refractivity contribution in [1.82, 2.24) is 9.97 Å². The summed E-state index contributed by atoms with van der Waals surface area (Å²) in [6.45, 7) is 0.00722. The van der Waals surface area contributed by atoms with Crippen LogP contribution in [-0.2, 0) is 11.9 Å². The molecule has 0 aliphatic rings. The quantitative estimate of drug-likeness (QED) is 0.719. The summed E-state index contributed by atoms with van der Waals surface area (Å²) in [4.78, 5) is 8.00. The second-order valence-corrected chi connectivity index (χ2v) is 5.62. The molecule has 2 heterocycles. The van der Waals surface area contributed by atoms with Crippen molar-refractivity contribution in [2.75, 3.05) is 0 Å². The Bertz CT molecular complexity index is 414. The molecule has 1 N–H and O–H groups in total. The zero-order chi connectivity index (χ0) is 13.4. The van der Waals surface area contributed by atoms with E-state index < -0.39 is 0 Å². The molecule has 96 valence electrons. The van der Waals surface area contributed by atoms with Crippen molar-refractivity contribution in [3.05, 3.63) is 57.0 Å². The standard InChI is InChI=1S/C6H5Br2N.C6H6BrNO/c7-3-6-2-1-5(8)4-9-6;7-5-1-2-6(4-9)8-3-5/h1-2,4H,3H2;1-3,9H,4H2. The van der Waals surface area contributed by atoms with E-state index in [4.69, 9.17) is 5.11 Å². The molecule has 0 spiro atoms. The maximum Gasteiger partial charge on any atom is 0.0852 e. The number of hydrogen-bond donors (Lipinski definition) is 1. The van der Waals surface area contributed by atoms with Crippen molar-refractivity contribution in [3.63, 3.8) is 0 Å². The molecule has 0 aliphatic heterocycles. The molecule has 0 amide bonds. The summed E-state index contributed by atoms with van der Waals surface area (Å²) < 4.78 is 1.95. The molecule has 0 bridgehead atoms. The molecule has 18 heavy (non-hydrogen) atoms. The molecule has 0 aliphatic carbocycles. The Labute approximate surface area is 131 Å². The highest BCUT2D eigenvalue weighted by Crippen LogP contribution is 2.08. The Morgan fingerprint density at radius 3 is 1.72 bits per heavy atom. The molecular weight excluding hydrogens is 428 g/mol. The van der Waals surface area contributed by atoms with Crippen LogP contribution in [0.25, 0.3) is 0 Å². The Hall–Kier alpha value is -0.300. The summed E-state index contributed by atoms with van der Waals surface area (Å²) in [6.07, 6.45) is 3.45. The van der Waals surface area contributed by atoms with E-state index in [1.807, 2.05) is 18.2 Å². The normalized spacial score (nSPS) is 9.56. The van der Waals surface area contributed by atoms with Crippen LogP contribution >= 0.6 is 47.8 Å². The van der Waals surface area contributed by atoms with Crippen molar-refractivity contribution in [2.45, 2.75) is 11.9 Å². The molecule has 0 atom stereocenters. The Morgan fingerprint density at radius 2 is 1.39 bits per heavy atom. The number of rotatable bonds is 2. The highest BCUT2D eigenvalue weighted by molar-refractivity contribution is 9.10. The van der Waals surface area contributed by atoms with E-state index in [1.54, 1.807) is 18.5 Å². The fourth-order valence-electron chi connectivity index (χ4n) is 0.985. The molecular formula is C12H11Br3N2O. The van der Waals surface area contributed by atoms with Crippen molar-refractivity contribution < 1.29 is 5.11 Å². The van der Waals surface area contributed by atoms with E-state index in [0.717, 1.165) is 20.0 Å². The van der Waals surface area contributed by atoms with Crippen molar-refractivity contribution in [2.24, 2.45) is 0 Å². The number of aliphatic hydroxyl groups excluding tert-OH is 1. The second kappa shape index (κ2) is 8.74. The van der Waals surface area contributed by atoms with Crippen LogP contribution in [-0.4, -0.2) is 15.1 Å². The van der Waals surface area contributed by atoms with E-state index in [2.05, 4.69) is 57.8 Å². The SMILES string of the molecule is BrCc1ccc(Br)cn1.OCc1ccc(Br)cn1. The first kappa shape index (κ1) is 15.8. The second-order valence-electron chi connectivity index (χ2n) is 3.23. The van der Waals surface area contributed by atoms with E-state index >= 15 is 0 Å². The smallest absolute Gasteiger partial charge is 0.0852 e. The number of alkyl halides is 1. The van der Waals surface area contributed by atoms with Crippen molar-refractivity contribution in [3.8, 4) is 0 Å². The van der Waals surface area contributed by atoms with Gasteiger partial charge in [0.25, 0.3) is 0 Å². The van der Waals surface area contributed by atoms with Gasteiger partial charge < -0.3 is 5.11 Å². The summed E-state index contributed by atoms with van der Waals surface area (Å²) in [5.41, 5.74) is 1.75. The molecule has 0 fully saturated rings. The maximum atomic E-state index is 8.55. The van der Waals surface area contributed by atoms with Gasteiger partial charge in [0.1, 0.15) is 0 Å². The van der Waals surface area contributed by atoms with Crippen LogP contribution in [0.3, 0.4) is 0 Å². The van der Waals surface area contributed by atoms with Gasteiger partial charge in [-0.05, 0) is 56.1 Å². The topological polar surface area (TPSA) is 46.0 Å². The van der Waals surface area contributed by atoms with Gasteiger partial charge in [-0.15, -0.1) is 0 Å². The summed E-state index contributed by atoms with van der Waals surface area (Å²) in [5, 5.41) is 9.37. The highest BCUT2D eigenvalue weighted by Gasteiger charge is 1.89. The average molecular weight is 439 g/mol. The van der Waals surface area contributed by atoms with Gasteiger partial charge in [-0.1, -0.05) is 15.9 Å². The summed E-state index contributed by atoms with van der Waals surface area (Å²) in [7, 11) is 0. The Balaban J connectivity index is 0.000000180. The molecule has 0 saturated carbocycles. The first-order valence-corrected chi connectivity index (χ1v) is 7.74. The van der Waals surface area contributed by atoms with Crippen LogP contribution in [0.15, 0.2) is 45.6 Å². The molecule has 0 radical (unpaired) electrons. The van der Waals surface area contributed by atoms with E-state index in [-0.39, 0.29) is 6.61 Å². The predicted octanol–water partition coefficient (Wildman–Crippen LogP) is 4.08. The third-order valence-corrected chi connectivity index (χ3v) is 3.39.